The van der Waals surface area contributed by atoms with Crippen LogP contribution in [-0.2, 0) is 17.1 Å². The maximum Gasteiger partial charge on any atom is 0.219 e. The second-order valence-corrected chi connectivity index (χ2v) is 17.3. The second kappa shape index (κ2) is 12.2. The van der Waals surface area contributed by atoms with Crippen molar-refractivity contribution in [1.82, 2.24) is 0 Å². The first-order valence-corrected chi connectivity index (χ1v) is 17.8. The first-order valence-electron chi connectivity index (χ1n) is 14.5. The van der Waals surface area contributed by atoms with Gasteiger partial charge in [-0.2, -0.15) is 17.2 Å². The fourth-order valence-electron chi connectivity index (χ4n) is 7.59. The Balaban J connectivity index is 1.39. The van der Waals surface area contributed by atoms with E-state index < -0.39 is 0 Å². The molecule has 188 valence electrons. The van der Waals surface area contributed by atoms with Crippen LogP contribution in [-0.4, -0.2) is 28.5 Å². The van der Waals surface area contributed by atoms with Crippen molar-refractivity contribution in [1.29, 1.82) is 0 Å². The summed E-state index contributed by atoms with van der Waals surface area (Å²) in [6, 6.07) is 8.57. The number of hydrogen-bond donors (Lipinski definition) is 1. The van der Waals surface area contributed by atoms with Crippen LogP contribution in [0.1, 0.15) is 121 Å². The summed E-state index contributed by atoms with van der Waals surface area (Å²) in [6.45, 7) is 1.66. The molecule has 0 bridgehead atoms. The number of hydrogen-bond acceptors (Lipinski definition) is 1. The monoisotopic (exact) mass is 498 g/mol. The molecule has 2 nitrogen and oxygen atoms in total. The molecule has 4 aliphatic rings. The molecule has 0 saturated heterocycles. The Bertz CT molecular complexity index is 714. The third-order valence-corrected chi connectivity index (χ3v) is 16.4. The van der Waals surface area contributed by atoms with Gasteiger partial charge in [-0.1, -0.05) is 72.9 Å². The molecule has 0 aromatic heterocycles. The lowest BCUT2D eigenvalue weighted by Gasteiger charge is -2.34. The zero-order chi connectivity index (χ0) is 23.3. The highest BCUT2D eigenvalue weighted by molar-refractivity contribution is 7.58. The van der Waals surface area contributed by atoms with Crippen molar-refractivity contribution in [2.75, 3.05) is 5.32 Å². The summed E-state index contributed by atoms with van der Waals surface area (Å²) >= 11 is 0. The van der Waals surface area contributed by atoms with Crippen LogP contribution in [0.25, 0.3) is 0 Å². The smallest absolute Gasteiger partial charge is 0.219 e. The van der Waals surface area contributed by atoms with Gasteiger partial charge in [-0.15, -0.1) is 12.1 Å². The van der Waals surface area contributed by atoms with Gasteiger partial charge in [0.1, 0.15) is 0 Å². The van der Waals surface area contributed by atoms with Crippen LogP contribution < -0.4 is 5.32 Å². The average Bonchev–Trinajstić information content (AvgIpc) is 3.65. The first-order chi connectivity index (χ1) is 16.7. The van der Waals surface area contributed by atoms with Crippen LogP contribution in [0.3, 0.4) is 0 Å². The lowest BCUT2D eigenvalue weighted by atomic mass is 10.1. The predicted molar refractivity (Wildman–Crippen MR) is 150 cm³/mol. The van der Waals surface area contributed by atoms with E-state index in [4.69, 9.17) is 0 Å². The molecule has 0 unspecified atom stereocenters. The molecule has 0 spiro atoms. The molecule has 1 aromatic carbocycles. The van der Waals surface area contributed by atoms with Crippen LogP contribution in [0.5, 0.6) is 0 Å². The summed E-state index contributed by atoms with van der Waals surface area (Å²) in [6.07, 6.45) is 25.8. The highest BCUT2D eigenvalue weighted by atomic mass is 31.1. The van der Waals surface area contributed by atoms with E-state index in [1.807, 2.05) is 0 Å². The van der Waals surface area contributed by atoms with Gasteiger partial charge in [0.2, 0.25) is 5.91 Å². The highest BCUT2D eigenvalue weighted by Gasteiger charge is 2.33. The molecule has 0 aliphatic heterocycles. The summed E-state index contributed by atoms with van der Waals surface area (Å²) in [5.74, 6) is 0.0609. The Morgan fingerprint density at radius 2 is 1.03 bits per heavy atom. The summed E-state index contributed by atoms with van der Waals surface area (Å²) in [5, 5.41) is 3.17. The van der Waals surface area contributed by atoms with Crippen LogP contribution in [0.4, 0.5) is 5.69 Å². The minimum atomic E-state index is 0.0395. The average molecular weight is 499 g/mol. The van der Waals surface area contributed by atoms with Gasteiger partial charge in [0.25, 0.3) is 0 Å². The topological polar surface area (TPSA) is 29.1 Å². The van der Waals surface area contributed by atoms with Crippen molar-refractivity contribution in [2.45, 2.75) is 145 Å². The molecule has 4 heteroatoms. The van der Waals surface area contributed by atoms with Gasteiger partial charge in [0.15, 0.2) is 0 Å². The van der Waals surface area contributed by atoms with Crippen molar-refractivity contribution in [2.24, 2.45) is 0 Å². The van der Waals surface area contributed by atoms with E-state index in [1.54, 1.807) is 6.92 Å². The summed E-state index contributed by atoms with van der Waals surface area (Å²) in [5.41, 5.74) is 7.79. The number of rotatable bonds is 9. The lowest BCUT2D eigenvalue weighted by molar-refractivity contribution is -0.114. The minimum absolute atomic E-state index is 0.0395. The lowest BCUT2D eigenvalue weighted by Crippen LogP contribution is -2.14. The first kappa shape index (κ1) is 25.2. The Kier molecular flexibility index (Phi) is 9.04. The van der Waals surface area contributed by atoms with Crippen molar-refractivity contribution in [3.63, 3.8) is 0 Å². The van der Waals surface area contributed by atoms with Crippen LogP contribution in [0.15, 0.2) is 12.1 Å². The highest BCUT2D eigenvalue weighted by Crippen LogP contribution is 2.60. The summed E-state index contributed by atoms with van der Waals surface area (Å²) in [4.78, 5) is 12.0. The zero-order valence-electron chi connectivity index (χ0n) is 21.5. The maximum absolute atomic E-state index is 12.0. The molecule has 4 fully saturated rings. The Labute approximate surface area is 211 Å². The largest absolute Gasteiger partial charge is 0.349 e. The molecule has 34 heavy (non-hydrogen) atoms. The quantitative estimate of drug-likeness (QED) is 0.267. The van der Waals surface area contributed by atoms with E-state index in [0.717, 1.165) is 28.3 Å². The molecule has 1 N–H and O–H groups in total. The van der Waals surface area contributed by atoms with Gasteiger partial charge in [-0.25, -0.2) is 0 Å². The molecule has 5 rings (SSSR count). The molecule has 0 atom stereocenters. The molecule has 4 saturated carbocycles. The van der Waals surface area contributed by atoms with Gasteiger partial charge in [-0.05, 0) is 86.3 Å². The molecular formula is C30H46NOP2-. The van der Waals surface area contributed by atoms with E-state index in [-0.39, 0.29) is 21.8 Å². The Morgan fingerprint density at radius 1 is 0.706 bits per heavy atom. The Morgan fingerprint density at radius 3 is 1.32 bits per heavy atom. The molecule has 1 amide bonds. The van der Waals surface area contributed by atoms with Gasteiger partial charge in [-0.3, -0.25) is 4.79 Å². The van der Waals surface area contributed by atoms with Gasteiger partial charge in [0.05, 0.1) is 0 Å². The van der Waals surface area contributed by atoms with Gasteiger partial charge < -0.3 is 5.32 Å². The molecule has 0 radical (unpaired) electrons. The number of benzene rings is 1. The van der Waals surface area contributed by atoms with Gasteiger partial charge >= 0.3 is 0 Å². The third-order valence-electron chi connectivity index (χ3n) is 9.18. The van der Waals surface area contributed by atoms with Crippen LogP contribution in [0, 0.1) is 6.07 Å². The fraction of sp³-hybridized carbons (Fsp3) is 0.767. The van der Waals surface area contributed by atoms with Crippen LogP contribution in [0.2, 0.25) is 0 Å². The van der Waals surface area contributed by atoms with Crippen molar-refractivity contribution in [3.8, 4) is 0 Å². The standard InChI is InChI=1S/C30H46NOP2/c1-23(32)31-26-19-24(21-33(27-10-2-3-11-27)28-12-4-5-13-28)18-25(20-26)22-34(29-14-6-7-15-29)30-16-8-9-17-30/h19-20,27-30H,2-17,21-22H2,1H3,(H,31,32)/q-1. The number of carbonyl (C=O) groups is 1. The fourth-order valence-corrected chi connectivity index (χ4v) is 15.1. The molecule has 0 heterocycles. The second-order valence-electron chi connectivity index (χ2n) is 11.7. The SMILES string of the molecule is CC(=O)Nc1cc(CP(C2CCCC2)C2CCCC2)[c-]c(CP(C2CCCC2)C2CCCC2)c1. The van der Waals surface area contributed by atoms with Crippen LogP contribution >= 0.6 is 15.8 Å². The number of carbonyl (C=O) groups excluding carboxylic acids is 1. The molecule has 1 aromatic rings. The minimum Gasteiger partial charge on any atom is -0.349 e. The van der Waals surface area contributed by atoms with Gasteiger partial charge in [0, 0.05) is 6.92 Å². The normalized spacial score (nSPS) is 23.1. The molecule has 4 aliphatic carbocycles. The van der Waals surface area contributed by atoms with E-state index in [0.29, 0.717) is 0 Å². The van der Waals surface area contributed by atoms with Crippen molar-refractivity contribution >= 4 is 27.4 Å². The van der Waals surface area contributed by atoms with E-state index in [1.165, 1.54) is 126 Å². The Hall–Kier alpha value is -0.450. The van der Waals surface area contributed by atoms with E-state index >= 15 is 0 Å². The number of amides is 1. The van der Waals surface area contributed by atoms with Crippen molar-refractivity contribution < 1.29 is 4.79 Å². The van der Waals surface area contributed by atoms with E-state index in [9.17, 15) is 4.79 Å². The number of anilines is 1. The predicted octanol–water partition coefficient (Wildman–Crippen LogP) is 9.18. The zero-order valence-corrected chi connectivity index (χ0v) is 23.3. The van der Waals surface area contributed by atoms with Crippen molar-refractivity contribution in [3.05, 3.63) is 29.3 Å². The van der Waals surface area contributed by atoms with E-state index in [2.05, 4.69) is 23.5 Å². The summed E-state index contributed by atoms with van der Waals surface area (Å²) < 4.78 is 0. The summed E-state index contributed by atoms with van der Waals surface area (Å²) in [7, 11) is 0.0789. The maximum atomic E-state index is 12.0. The molecular weight excluding hydrogens is 452 g/mol. The third kappa shape index (κ3) is 6.45. The number of nitrogens with one attached hydrogen (secondary N) is 1.